The third-order valence-electron chi connectivity index (χ3n) is 4.02. The van der Waals surface area contributed by atoms with Crippen LogP contribution in [0.25, 0.3) is 0 Å². The van der Waals surface area contributed by atoms with Crippen LogP contribution in [0.1, 0.15) is 22.1 Å². The summed E-state index contributed by atoms with van der Waals surface area (Å²) in [5.41, 5.74) is 1.65. The van der Waals surface area contributed by atoms with Crippen LogP contribution in [0.2, 0.25) is 0 Å². The number of rotatable bonds is 7. The van der Waals surface area contributed by atoms with Crippen LogP contribution in [-0.4, -0.2) is 50.2 Å². The van der Waals surface area contributed by atoms with Gasteiger partial charge in [-0.25, -0.2) is 0 Å². The van der Waals surface area contributed by atoms with Crippen LogP contribution in [0.15, 0.2) is 36.5 Å². The molecule has 0 saturated heterocycles. The molecule has 0 aliphatic rings. The minimum atomic E-state index is -0.159. The highest BCUT2D eigenvalue weighted by Crippen LogP contribution is 2.23. The van der Waals surface area contributed by atoms with Crippen molar-refractivity contribution in [2.45, 2.75) is 6.04 Å². The normalized spacial score (nSPS) is 12.1. The molecule has 6 heteroatoms. The van der Waals surface area contributed by atoms with Crippen LogP contribution in [0.3, 0.4) is 0 Å². The van der Waals surface area contributed by atoms with E-state index >= 15 is 0 Å². The first-order valence-electron chi connectivity index (χ1n) is 7.75. The lowest BCUT2D eigenvalue weighted by molar-refractivity contribution is 0.0940. The van der Waals surface area contributed by atoms with Gasteiger partial charge in [0.2, 0.25) is 0 Å². The minimum Gasteiger partial charge on any atom is -0.497 e. The van der Waals surface area contributed by atoms with Gasteiger partial charge in [-0.3, -0.25) is 9.69 Å². The maximum atomic E-state index is 12.5. The molecule has 1 N–H and O–H groups in total. The fourth-order valence-electron chi connectivity index (χ4n) is 2.60. The van der Waals surface area contributed by atoms with Crippen LogP contribution in [-0.2, 0) is 7.05 Å². The van der Waals surface area contributed by atoms with Crippen molar-refractivity contribution in [2.75, 3.05) is 34.9 Å². The zero-order valence-corrected chi connectivity index (χ0v) is 14.9. The number of nitrogens with one attached hydrogen (secondary N) is 1. The zero-order chi connectivity index (χ0) is 17.7. The Morgan fingerprint density at radius 3 is 2.29 bits per heavy atom. The number of nitrogens with zero attached hydrogens (tertiary/aromatic N) is 2. The molecule has 2 aromatic rings. The highest BCUT2D eigenvalue weighted by Gasteiger charge is 2.18. The van der Waals surface area contributed by atoms with Crippen molar-refractivity contribution in [2.24, 2.45) is 7.05 Å². The Labute approximate surface area is 143 Å². The molecule has 0 spiro atoms. The number of carbonyl (C=O) groups is 1. The highest BCUT2D eigenvalue weighted by molar-refractivity contribution is 5.95. The minimum absolute atomic E-state index is 0.0847. The summed E-state index contributed by atoms with van der Waals surface area (Å²) in [4.78, 5) is 14.6. The molecule has 1 aromatic carbocycles. The monoisotopic (exact) mass is 331 g/mol. The second kappa shape index (κ2) is 7.88. The van der Waals surface area contributed by atoms with Crippen molar-refractivity contribution in [3.05, 3.63) is 47.8 Å². The average molecular weight is 331 g/mol. The van der Waals surface area contributed by atoms with Gasteiger partial charge in [-0.15, -0.1) is 0 Å². The van der Waals surface area contributed by atoms with E-state index in [9.17, 15) is 4.79 Å². The Hall–Kier alpha value is -2.47. The predicted octanol–water partition coefficient (Wildman–Crippen LogP) is 2.07. The number of carbonyl (C=O) groups excluding carboxylic acids is 1. The molecular weight excluding hydrogens is 306 g/mol. The van der Waals surface area contributed by atoms with Crippen LogP contribution < -0.4 is 14.8 Å². The third kappa shape index (κ3) is 4.08. The van der Waals surface area contributed by atoms with E-state index in [2.05, 4.69) is 20.9 Å². The van der Waals surface area contributed by atoms with E-state index < -0.39 is 0 Å². The third-order valence-corrected chi connectivity index (χ3v) is 4.02. The molecule has 0 fully saturated rings. The Kier molecular flexibility index (Phi) is 5.87. The van der Waals surface area contributed by atoms with Gasteiger partial charge in [-0.05, 0) is 38.4 Å². The molecule has 2 rings (SSSR count). The Bertz CT molecular complexity index is 672. The fourth-order valence-corrected chi connectivity index (χ4v) is 2.60. The quantitative estimate of drug-likeness (QED) is 0.844. The van der Waals surface area contributed by atoms with Crippen molar-refractivity contribution in [1.29, 1.82) is 0 Å². The first-order valence-corrected chi connectivity index (χ1v) is 7.75. The zero-order valence-electron chi connectivity index (χ0n) is 14.9. The van der Waals surface area contributed by atoms with E-state index in [1.165, 1.54) is 0 Å². The van der Waals surface area contributed by atoms with E-state index in [0.717, 1.165) is 5.69 Å². The van der Waals surface area contributed by atoms with Gasteiger partial charge in [0.05, 0.1) is 20.3 Å². The van der Waals surface area contributed by atoms with E-state index in [4.69, 9.17) is 9.47 Å². The summed E-state index contributed by atoms with van der Waals surface area (Å²) in [7, 11) is 9.12. The average Bonchev–Trinajstić information content (AvgIpc) is 2.99. The number of amides is 1. The van der Waals surface area contributed by atoms with E-state index in [1.807, 2.05) is 33.4 Å². The van der Waals surface area contributed by atoms with Crippen LogP contribution >= 0.6 is 0 Å². The van der Waals surface area contributed by atoms with Gasteiger partial charge >= 0.3 is 0 Å². The van der Waals surface area contributed by atoms with Gasteiger partial charge in [-0.2, -0.15) is 0 Å². The summed E-state index contributed by atoms with van der Waals surface area (Å²) in [6, 6.07) is 9.28. The first kappa shape index (κ1) is 17.9. The van der Waals surface area contributed by atoms with Crippen LogP contribution in [0, 0.1) is 0 Å². The summed E-state index contributed by atoms with van der Waals surface area (Å²) in [5.74, 6) is 1.02. The number of hydrogen-bond donors (Lipinski definition) is 1. The van der Waals surface area contributed by atoms with Gasteiger partial charge in [0.15, 0.2) is 0 Å². The molecule has 1 atom stereocenters. The van der Waals surface area contributed by atoms with Crippen molar-refractivity contribution in [3.63, 3.8) is 0 Å². The molecular formula is C18H25N3O3. The topological polar surface area (TPSA) is 55.7 Å². The fraction of sp³-hybridized carbons (Fsp3) is 0.389. The largest absolute Gasteiger partial charge is 0.497 e. The first-order chi connectivity index (χ1) is 11.5. The standard InChI is InChI=1S/C18H25N3O3/c1-20(2)17(16-7-6-8-21(16)3)12-19-18(22)13-9-14(23-4)11-15(10-13)24-5/h6-11,17H,12H2,1-5H3,(H,19,22). The summed E-state index contributed by atoms with van der Waals surface area (Å²) < 4.78 is 12.5. The van der Waals surface area contributed by atoms with Gasteiger partial charge in [0, 0.05) is 37.1 Å². The lowest BCUT2D eigenvalue weighted by atomic mass is 10.1. The highest BCUT2D eigenvalue weighted by atomic mass is 16.5. The molecule has 0 aliphatic carbocycles. The van der Waals surface area contributed by atoms with Crippen LogP contribution in [0.4, 0.5) is 0 Å². The molecule has 1 aromatic heterocycles. The van der Waals surface area contributed by atoms with Gasteiger partial charge in [-0.1, -0.05) is 0 Å². The molecule has 130 valence electrons. The molecule has 0 radical (unpaired) electrons. The van der Waals surface area contributed by atoms with Crippen LogP contribution in [0.5, 0.6) is 11.5 Å². The Balaban J connectivity index is 2.13. The molecule has 1 amide bonds. The second-order valence-corrected chi connectivity index (χ2v) is 5.83. The van der Waals surface area contributed by atoms with Gasteiger partial charge < -0.3 is 19.4 Å². The molecule has 24 heavy (non-hydrogen) atoms. The van der Waals surface area contributed by atoms with E-state index in [-0.39, 0.29) is 11.9 Å². The van der Waals surface area contributed by atoms with Crippen molar-refractivity contribution in [1.82, 2.24) is 14.8 Å². The summed E-state index contributed by atoms with van der Waals surface area (Å²) in [6.45, 7) is 0.503. The maximum absolute atomic E-state index is 12.5. The summed E-state index contributed by atoms with van der Waals surface area (Å²) >= 11 is 0. The molecule has 1 heterocycles. The smallest absolute Gasteiger partial charge is 0.251 e. The SMILES string of the molecule is COc1cc(OC)cc(C(=O)NCC(c2cccn2C)N(C)C)c1. The number of methoxy groups -OCH3 is 2. The number of aromatic nitrogens is 1. The van der Waals surface area contributed by atoms with Gasteiger partial charge in [0.25, 0.3) is 5.91 Å². The number of aryl methyl sites for hydroxylation is 1. The van der Waals surface area contributed by atoms with Gasteiger partial charge in [0.1, 0.15) is 11.5 Å². The summed E-state index contributed by atoms with van der Waals surface area (Å²) in [5, 5.41) is 2.99. The van der Waals surface area contributed by atoms with Crippen molar-refractivity contribution in [3.8, 4) is 11.5 Å². The molecule has 1 unspecified atom stereocenters. The van der Waals surface area contributed by atoms with E-state index in [0.29, 0.717) is 23.6 Å². The lowest BCUT2D eigenvalue weighted by Gasteiger charge is -2.25. The van der Waals surface area contributed by atoms with E-state index in [1.54, 1.807) is 32.4 Å². The molecule has 6 nitrogen and oxygen atoms in total. The summed E-state index contributed by atoms with van der Waals surface area (Å²) in [6.07, 6.45) is 2.00. The van der Waals surface area contributed by atoms with Crippen molar-refractivity contribution < 1.29 is 14.3 Å². The molecule has 0 bridgehead atoms. The second-order valence-electron chi connectivity index (χ2n) is 5.83. The number of hydrogen-bond acceptors (Lipinski definition) is 4. The lowest BCUT2D eigenvalue weighted by Crippen LogP contribution is -2.35. The predicted molar refractivity (Wildman–Crippen MR) is 93.7 cm³/mol. The Morgan fingerprint density at radius 1 is 1.21 bits per heavy atom. The number of likely N-dealkylation sites (N-methyl/N-ethyl adjacent to an activating group) is 1. The van der Waals surface area contributed by atoms with Crippen molar-refractivity contribution >= 4 is 5.91 Å². The number of benzene rings is 1. The Morgan fingerprint density at radius 2 is 1.83 bits per heavy atom. The number of ether oxygens (including phenoxy) is 2. The molecule has 0 aliphatic heterocycles. The molecule has 0 saturated carbocycles. The maximum Gasteiger partial charge on any atom is 0.251 e.